The van der Waals surface area contributed by atoms with E-state index in [2.05, 4.69) is 12.2 Å². The molecule has 0 amide bonds. The molecule has 1 aromatic carbocycles. The van der Waals surface area contributed by atoms with Gasteiger partial charge >= 0.3 is 5.97 Å². The third-order valence-corrected chi connectivity index (χ3v) is 2.84. The summed E-state index contributed by atoms with van der Waals surface area (Å²) in [5, 5.41) is 0. The van der Waals surface area contributed by atoms with Gasteiger partial charge < -0.3 is 4.74 Å². The van der Waals surface area contributed by atoms with Gasteiger partial charge in [-0.3, -0.25) is 4.79 Å². The molecule has 0 heterocycles. The monoisotopic (exact) mass is 216 g/mol. The SMILES string of the molecule is Cc1ccc(OC(=O)C2CC=CCC2)cc1. The van der Waals surface area contributed by atoms with Gasteiger partial charge in [-0.05, 0) is 38.3 Å². The lowest BCUT2D eigenvalue weighted by Crippen LogP contribution is -2.21. The molecule has 0 saturated heterocycles. The van der Waals surface area contributed by atoms with Gasteiger partial charge in [-0.2, -0.15) is 0 Å². The van der Waals surface area contributed by atoms with Crippen LogP contribution in [0.3, 0.4) is 0 Å². The molecule has 0 aliphatic heterocycles. The second-order valence-corrected chi connectivity index (χ2v) is 4.22. The summed E-state index contributed by atoms with van der Waals surface area (Å²) in [7, 11) is 0. The number of allylic oxidation sites excluding steroid dienone is 2. The Morgan fingerprint density at radius 2 is 2.00 bits per heavy atom. The van der Waals surface area contributed by atoms with Gasteiger partial charge in [0.05, 0.1) is 5.92 Å². The number of hydrogen-bond donors (Lipinski definition) is 0. The quantitative estimate of drug-likeness (QED) is 0.431. The minimum Gasteiger partial charge on any atom is -0.426 e. The van der Waals surface area contributed by atoms with Gasteiger partial charge in [0.15, 0.2) is 0 Å². The van der Waals surface area contributed by atoms with E-state index < -0.39 is 0 Å². The van der Waals surface area contributed by atoms with E-state index in [9.17, 15) is 4.79 Å². The second kappa shape index (κ2) is 4.97. The van der Waals surface area contributed by atoms with Crippen molar-refractivity contribution in [1.82, 2.24) is 0 Å². The van der Waals surface area contributed by atoms with Crippen molar-refractivity contribution >= 4 is 5.97 Å². The maximum atomic E-state index is 11.8. The van der Waals surface area contributed by atoms with E-state index in [1.165, 1.54) is 5.56 Å². The average Bonchev–Trinajstić information content (AvgIpc) is 2.33. The molecule has 0 radical (unpaired) electrons. The van der Waals surface area contributed by atoms with Crippen LogP contribution in [0.4, 0.5) is 0 Å². The Hall–Kier alpha value is -1.57. The molecule has 84 valence electrons. The number of carbonyl (C=O) groups excluding carboxylic acids is 1. The van der Waals surface area contributed by atoms with Crippen molar-refractivity contribution in [2.24, 2.45) is 5.92 Å². The molecule has 1 aliphatic rings. The van der Waals surface area contributed by atoms with Crippen LogP contribution < -0.4 is 4.74 Å². The fourth-order valence-corrected chi connectivity index (χ4v) is 1.81. The highest BCUT2D eigenvalue weighted by Crippen LogP contribution is 2.21. The number of esters is 1. The molecule has 0 bridgehead atoms. The summed E-state index contributed by atoms with van der Waals surface area (Å²) >= 11 is 0. The number of benzene rings is 1. The third kappa shape index (κ3) is 2.72. The highest BCUT2D eigenvalue weighted by atomic mass is 16.5. The molecule has 0 aromatic heterocycles. The first-order valence-electron chi connectivity index (χ1n) is 5.69. The Kier molecular flexibility index (Phi) is 3.40. The molecular formula is C14H16O2. The predicted molar refractivity (Wildman–Crippen MR) is 63.3 cm³/mol. The Morgan fingerprint density at radius 3 is 2.62 bits per heavy atom. The molecule has 0 N–H and O–H groups in total. The minimum absolute atomic E-state index is 0.0336. The Morgan fingerprint density at radius 1 is 1.25 bits per heavy atom. The molecule has 0 fully saturated rings. The van der Waals surface area contributed by atoms with E-state index in [0.717, 1.165) is 19.3 Å². The molecule has 1 unspecified atom stereocenters. The molecule has 2 nitrogen and oxygen atoms in total. The molecule has 2 rings (SSSR count). The van der Waals surface area contributed by atoms with Crippen LogP contribution in [0.5, 0.6) is 5.75 Å². The van der Waals surface area contributed by atoms with Gasteiger partial charge in [0.25, 0.3) is 0 Å². The highest BCUT2D eigenvalue weighted by Gasteiger charge is 2.20. The van der Waals surface area contributed by atoms with Crippen molar-refractivity contribution in [3.8, 4) is 5.75 Å². The molecule has 0 saturated carbocycles. The van der Waals surface area contributed by atoms with Crippen molar-refractivity contribution in [2.45, 2.75) is 26.2 Å². The molecule has 1 atom stereocenters. The van der Waals surface area contributed by atoms with Gasteiger partial charge in [0, 0.05) is 0 Å². The summed E-state index contributed by atoms with van der Waals surface area (Å²) in [6, 6.07) is 7.57. The van der Waals surface area contributed by atoms with E-state index in [4.69, 9.17) is 4.74 Å². The van der Waals surface area contributed by atoms with Crippen LogP contribution in [0, 0.1) is 12.8 Å². The van der Waals surface area contributed by atoms with Crippen LogP contribution in [0.15, 0.2) is 36.4 Å². The summed E-state index contributed by atoms with van der Waals surface area (Å²) in [5.74, 6) is 0.574. The fraction of sp³-hybridized carbons (Fsp3) is 0.357. The summed E-state index contributed by atoms with van der Waals surface area (Å²) in [5.41, 5.74) is 1.17. The molecule has 2 heteroatoms. The normalized spacial score (nSPS) is 19.4. The zero-order chi connectivity index (χ0) is 11.4. The maximum Gasteiger partial charge on any atom is 0.314 e. The molecular weight excluding hydrogens is 200 g/mol. The first-order valence-corrected chi connectivity index (χ1v) is 5.69. The van der Waals surface area contributed by atoms with Crippen molar-refractivity contribution in [3.63, 3.8) is 0 Å². The van der Waals surface area contributed by atoms with Gasteiger partial charge in [0.2, 0.25) is 0 Å². The summed E-state index contributed by atoms with van der Waals surface area (Å²) in [6.07, 6.45) is 6.87. The number of ether oxygens (including phenoxy) is 1. The predicted octanol–water partition coefficient (Wildman–Crippen LogP) is 3.26. The zero-order valence-electron chi connectivity index (χ0n) is 9.48. The van der Waals surface area contributed by atoms with E-state index in [0.29, 0.717) is 5.75 Å². The number of carbonyl (C=O) groups is 1. The number of rotatable bonds is 2. The van der Waals surface area contributed by atoms with Crippen LogP contribution in [-0.2, 0) is 4.79 Å². The van der Waals surface area contributed by atoms with Crippen molar-refractivity contribution < 1.29 is 9.53 Å². The van der Waals surface area contributed by atoms with Gasteiger partial charge in [-0.1, -0.05) is 29.8 Å². The lowest BCUT2D eigenvalue weighted by atomic mass is 9.95. The molecule has 1 aromatic rings. The lowest BCUT2D eigenvalue weighted by Gasteiger charge is -2.16. The van der Waals surface area contributed by atoms with Crippen LogP contribution in [0.1, 0.15) is 24.8 Å². The van der Waals surface area contributed by atoms with Gasteiger partial charge in [-0.15, -0.1) is 0 Å². The average molecular weight is 216 g/mol. The van der Waals surface area contributed by atoms with E-state index >= 15 is 0 Å². The summed E-state index contributed by atoms with van der Waals surface area (Å²) in [6.45, 7) is 2.01. The Bertz CT molecular complexity index is 390. The smallest absolute Gasteiger partial charge is 0.314 e. The zero-order valence-corrected chi connectivity index (χ0v) is 9.48. The summed E-state index contributed by atoms with van der Waals surface area (Å²) in [4.78, 5) is 11.8. The van der Waals surface area contributed by atoms with Crippen molar-refractivity contribution in [2.75, 3.05) is 0 Å². The molecule has 16 heavy (non-hydrogen) atoms. The van der Waals surface area contributed by atoms with Crippen molar-refractivity contribution in [1.29, 1.82) is 0 Å². The minimum atomic E-state index is -0.104. The van der Waals surface area contributed by atoms with E-state index in [-0.39, 0.29) is 11.9 Å². The van der Waals surface area contributed by atoms with Crippen LogP contribution in [0.2, 0.25) is 0 Å². The summed E-state index contributed by atoms with van der Waals surface area (Å²) < 4.78 is 5.34. The first kappa shape index (κ1) is 10.9. The van der Waals surface area contributed by atoms with E-state index in [1.807, 2.05) is 31.2 Å². The van der Waals surface area contributed by atoms with E-state index in [1.54, 1.807) is 0 Å². The molecule has 0 spiro atoms. The van der Waals surface area contributed by atoms with Crippen LogP contribution in [0.25, 0.3) is 0 Å². The Labute approximate surface area is 95.9 Å². The first-order chi connectivity index (χ1) is 7.75. The van der Waals surface area contributed by atoms with Crippen LogP contribution in [-0.4, -0.2) is 5.97 Å². The topological polar surface area (TPSA) is 26.3 Å². The van der Waals surface area contributed by atoms with Crippen molar-refractivity contribution in [3.05, 3.63) is 42.0 Å². The highest BCUT2D eigenvalue weighted by molar-refractivity contribution is 5.75. The Balaban J connectivity index is 1.96. The standard InChI is InChI=1S/C14H16O2/c1-11-7-9-13(10-8-11)16-14(15)12-5-3-2-4-6-12/h2-3,7-10,12H,4-6H2,1H3. The van der Waals surface area contributed by atoms with Gasteiger partial charge in [0.1, 0.15) is 5.75 Å². The van der Waals surface area contributed by atoms with Gasteiger partial charge in [-0.25, -0.2) is 0 Å². The number of aryl methyl sites for hydroxylation is 1. The fourth-order valence-electron chi connectivity index (χ4n) is 1.81. The number of hydrogen-bond acceptors (Lipinski definition) is 2. The molecule has 1 aliphatic carbocycles. The van der Waals surface area contributed by atoms with Crippen LogP contribution >= 0.6 is 0 Å². The third-order valence-electron chi connectivity index (χ3n) is 2.84. The maximum absolute atomic E-state index is 11.8. The second-order valence-electron chi connectivity index (χ2n) is 4.22. The lowest BCUT2D eigenvalue weighted by molar-refractivity contribution is -0.139. The largest absolute Gasteiger partial charge is 0.426 e.